The van der Waals surface area contributed by atoms with Crippen LogP contribution in [0, 0.1) is 0 Å². The van der Waals surface area contributed by atoms with Crippen molar-refractivity contribution < 1.29 is 14.3 Å². The lowest BCUT2D eigenvalue weighted by Crippen LogP contribution is -2.35. The van der Waals surface area contributed by atoms with E-state index < -0.39 is 0 Å². The van der Waals surface area contributed by atoms with E-state index in [1.165, 1.54) is 6.42 Å². The molecular weight excluding hydrogens is 528 g/mol. The number of nitrogens with zero attached hydrogens (tertiary/aromatic N) is 4. The minimum Gasteiger partial charge on any atom is -0.381 e. The number of anilines is 2. The van der Waals surface area contributed by atoms with E-state index in [4.69, 9.17) is 9.72 Å². The molecule has 1 aliphatic carbocycles. The van der Waals surface area contributed by atoms with Crippen molar-refractivity contribution in [3.63, 3.8) is 0 Å². The van der Waals surface area contributed by atoms with E-state index >= 15 is 0 Å². The first-order chi connectivity index (χ1) is 20.6. The monoisotopic (exact) mass is 564 g/mol. The highest BCUT2D eigenvalue weighted by Gasteiger charge is 2.23. The fraction of sp³-hybridized carbons (Fsp3) is 0.364. The maximum absolute atomic E-state index is 13.0. The van der Waals surface area contributed by atoms with E-state index in [0.717, 1.165) is 62.7 Å². The molecule has 1 saturated heterocycles. The molecule has 6 rings (SSSR count). The number of rotatable bonds is 7. The Morgan fingerprint density at radius 2 is 1.60 bits per heavy atom. The fourth-order valence-corrected chi connectivity index (χ4v) is 5.87. The Hall–Kier alpha value is -4.37. The third-order valence-corrected chi connectivity index (χ3v) is 8.32. The molecule has 9 nitrogen and oxygen atoms in total. The van der Waals surface area contributed by atoms with E-state index in [0.29, 0.717) is 39.9 Å². The summed E-state index contributed by atoms with van der Waals surface area (Å²) in [5, 5.41) is 7.08. The number of benzene rings is 2. The number of carbonyl (C=O) groups excluding carboxylic acids is 2. The summed E-state index contributed by atoms with van der Waals surface area (Å²) in [7, 11) is 1.77. The molecule has 216 valence electrons. The lowest BCUT2D eigenvalue weighted by molar-refractivity contribution is 0.0681. The van der Waals surface area contributed by atoms with Gasteiger partial charge >= 0.3 is 0 Å². The van der Waals surface area contributed by atoms with Gasteiger partial charge in [-0.05, 0) is 74.8 Å². The molecule has 3 heterocycles. The summed E-state index contributed by atoms with van der Waals surface area (Å²) in [5.41, 5.74) is 3.57. The molecule has 0 unspecified atom stereocenters. The van der Waals surface area contributed by atoms with Gasteiger partial charge in [-0.3, -0.25) is 9.59 Å². The van der Waals surface area contributed by atoms with Crippen molar-refractivity contribution in [3.8, 4) is 11.1 Å². The number of hydrogen-bond donors (Lipinski definition) is 2. The Balaban J connectivity index is 1.32. The zero-order valence-electron chi connectivity index (χ0n) is 23.9. The Labute approximate surface area is 245 Å². The van der Waals surface area contributed by atoms with Crippen molar-refractivity contribution in [2.24, 2.45) is 0 Å². The number of hydrogen-bond acceptors (Lipinski definition) is 7. The molecule has 1 aliphatic heterocycles. The maximum Gasteiger partial charge on any atom is 0.256 e. The van der Waals surface area contributed by atoms with Gasteiger partial charge in [-0.1, -0.05) is 30.3 Å². The van der Waals surface area contributed by atoms with E-state index in [1.54, 1.807) is 31.6 Å². The molecule has 2 aromatic heterocycles. The van der Waals surface area contributed by atoms with Gasteiger partial charge in [0, 0.05) is 55.3 Å². The summed E-state index contributed by atoms with van der Waals surface area (Å²) in [6.45, 7) is 1.62. The van der Waals surface area contributed by atoms with Gasteiger partial charge in [-0.25, -0.2) is 15.0 Å². The highest BCUT2D eigenvalue weighted by atomic mass is 16.5. The zero-order valence-corrected chi connectivity index (χ0v) is 23.9. The molecule has 0 radical (unpaired) electrons. The Kier molecular flexibility index (Phi) is 8.37. The summed E-state index contributed by atoms with van der Waals surface area (Å²) in [5.74, 6) is 0.745. The molecule has 2 fully saturated rings. The van der Waals surface area contributed by atoms with E-state index in [2.05, 4.69) is 20.6 Å². The molecule has 0 atom stereocenters. The lowest BCUT2D eigenvalue weighted by atomic mass is 9.93. The third kappa shape index (κ3) is 6.11. The average Bonchev–Trinajstić information content (AvgIpc) is 3.06. The number of aromatic nitrogens is 3. The predicted molar refractivity (Wildman–Crippen MR) is 164 cm³/mol. The van der Waals surface area contributed by atoms with Gasteiger partial charge in [0.2, 0.25) is 5.95 Å². The topological polar surface area (TPSA) is 109 Å². The van der Waals surface area contributed by atoms with Crippen molar-refractivity contribution in [2.75, 3.05) is 30.8 Å². The van der Waals surface area contributed by atoms with Crippen LogP contribution in [-0.2, 0) is 4.74 Å². The van der Waals surface area contributed by atoms with Gasteiger partial charge in [0.25, 0.3) is 11.8 Å². The van der Waals surface area contributed by atoms with Gasteiger partial charge in [-0.2, -0.15) is 0 Å². The number of fused-ring (bicyclic) bond motifs is 1. The molecule has 2 amide bonds. The minimum absolute atomic E-state index is 0.0696. The summed E-state index contributed by atoms with van der Waals surface area (Å²) in [4.78, 5) is 42.1. The van der Waals surface area contributed by atoms with E-state index in [9.17, 15) is 9.59 Å². The molecule has 0 bridgehead atoms. The largest absolute Gasteiger partial charge is 0.381 e. The summed E-state index contributed by atoms with van der Waals surface area (Å²) >= 11 is 0. The maximum atomic E-state index is 13.0. The van der Waals surface area contributed by atoms with Crippen LogP contribution in [0.2, 0.25) is 0 Å². The van der Waals surface area contributed by atoms with Crippen LogP contribution in [0.5, 0.6) is 0 Å². The van der Waals surface area contributed by atoms with Gasteiger partial charge in [0.1, 0.15) is 5.82 Å². The molecule has 2 aliphatic rings. The molecule has 42 heavy (non-hydrogen) atoms. The highest BCUT2D eigenvalue weighted by Crippen LogP contribution is 2.32. The van der Waals surface area contributed by atoms with Crippen LogP contribution in [0.15, 0.2) is 67.0 Å². The zero-order chi connectivity index (χ0) is 28.9. The Bertz CT molecular complexity index is 1550. The second-order valence-corrected chi connectivity index (χ2v) is 11.1. The summed E-state index contributed by atoms with van der Waals surface area (Å²) in [6.07, 6.45) is 11.0. The van der Waals surface area contributed by atoms with Gasteiger partial charge < -0.3 is 20.3 Å². The molecule has 4 aromatic rings. The minimum atomic E-state index is -0.255. The van der Waals surface area contributed by atoms with Crippen molar-refractivity contribution in [3.05, 3.63) is 78.1 Å². The van der Waals surface area contributed by atoms with Crippen LogP contribution in [0.1, 0.15) is 65.7 Å². The second kappa shape index (κ2) is 12.7. The fourth-order valence-electron chi connectivity index (χ4n) is 5.87. The number of amides is 2. The number of pyridine rings is 1. The quantitative estimate of drug-likeness (QED) is 0.286. The van der Waals surface area contributed by atoms with Crippen LogP contribution >= 0.6 is 0 Å². The number of methoxy groups -OCH3 is 1. The third-order valence-electron chi connectivity index (χ3n) is 8.32. The van der Waals surface area contributed by atoms with Crippen molar-refractivity contribution in [2.45, 2.75) is 57.1 Å². The number of ether oxygens (including phenoxy) is 1. The van der Waals surface area contributed by atoms with Crippen molar-refractivity contribution in [1.29, 1.82) is 0 Å². The lowest BCUT2D eigenvalue weighted by Gasteiger charge is -2.28. The van der Waals surface area contributed by atoms with Gasteiger partial charge in [0.15, 0.2) is 0 Å². The molecule has 2 N–H and O–H groups in total. The number of carbonyl (C=O) groups is 2. The Morgan fingerprint density at radius 1 is 0.857 bits per heavy atom. The van der Waals surface area contributed by atoms with E-state index in [-0.39, 0.29) is 17.9 Å². The normalized spacial score (nSPS) is 18.9. The summed E-state index contributed by atoms with van der Waals surface area (Å²) in [6, 6.07) is 16.9. The molecular formula is C33H36N6O3. The average molecular weight is 565 g/mol. The number of nitrogens with one attached hydrogen (secondary N) is 2. The highest BCUT2D eigenvalue weighted by molar-refractivity contribution is 6.09. The number of likely N-dealkylation sites (tertiary alicyclic amines) is 1. The summed E-state index contributed by atoms with van der Waals surface area (Å²) < 4.78 is 5.52. The number of piperidine rings is 1. The van der Waals surface area contributed by atoms with Crippen LogP contribution in [-0.4, -0.2) is 64.0 Å². The molecule has 1 saturated carbocycles. The van der Waals surface area contributed by atoms with Crippen molar-refractivity contribution in [1.82, 2.24) is 19.9 Å². The second-order valence-electron chi connectivity index (χ2n) is 11.1. The smallest absolute Gasteiger partial charge is 0.256 e. The predicted octanol–water partition coefficient (Wildman–Crippen LogP) is 5.94. The first-order valence-corrected chi connectivity index (χ1v) is 14.8. The van der Waals surface area contributed by atoms with Crippen LogP contribution in [0.3, 0.4) is 0 Å². The van der Waals surface area contributed by atoms with Gasteiger partial charge in [0.05, 0.1) is 17.0 Å². The van der Waals surface area contributed by atoms with Crippen LogP contribution in [0.4, 0.5) is 11.8 Å². The Morgan fingerprint density at radius 3 is 2.31 bits per heavy atom. The first-order valence-electron chi connectivity index (χ1n) is 14.8. The molecule has 9 heteroatoms. The van der Waals surface area contributed by atoms with E-state index in [1.807, 2.05) is 47.4 Å². The molecule has 2 aromatic carbocycles. The standard InChI is InChI=1S/C33H36N6O3/c1-42-26-16-14-25(15-17-26)36-33-35-21-28-29(37-33)27(20-34-30(28)38-31(40)23-8-4-2-5-9-23)22-10-12-24(13-11-22)32(41)39-18-6-3-7-19-39/h2,4-5,8-13,20-21,25-26H,3,6-7,14-19H2,1H3,(H,34,38,40)(H,35,36,37). The van der Waals surface area contributed by atoms with Crippen LogP contribution in [0.25, 0.3) is 22.0 Å². The van der Waals surface area contributed by atoms with Crippen molar-refractivity contribution >= 4 is 34.5 Å². The van der Waals surface area contributed by atoms with Gasteiger partial charge in [-0.15, -0.1) is 0 Å². The first kappa shape index (κ1) is 27.8. The van der Waals surface area contributed by atoms with Crippen LogP contribution < -0.4 is 10.6 Å². The SMILES string of the molecule is COC1CCC(Nc2ncc3c(NC(=O)c4ccccc4)ncc(-c4ccc(C(=O)N5CCCCC5)cc4)c3n2)CC1. The molecule has 0 spiro atoms.